The highest BCUT2D eigenvalue weighted by Crippen LogP contribution is 2.37. The normalized spacial score (nSPS) is 17.5. The summed E-state index contributed by atoms with van der Waals surface area (Å²) in [7, 11) is 0. The van der Waals surface area contributed by atoms with Crippen LogP contribution in [0.2, 0.25) is 0 Å². The first-order valence-electron chi connectivity index (χ1n) is 8.00. The van der Waals surface area contributed by atoms with Crippen LogP contribution in [0.3, 0.4) is 0 Å². The van der Waals surface area contributed by atoms with Gasteiger partial charge in [0.25, 0.3) is 0 Å². The average Bonchev–Trinajstić information content (AvgIpc) is 2.95. The molecule has 3 rings (SSSR count). The third-order valence-corrected chi connectivity index (χ3v) is 5.17. The van der Waals surface area contributed by atoms with Gasteiger partial charge in [0.15, 0.2) is 0 Å². The first kappa shape index (κ1) is 15.9. The Kier molecular flexibility index (Phi) is 4.91. The van der Waals surface area contributed by atoms with Gasteiger partial charge in [0.1, 0.15) is 5.82 Å². The van der Waals surface area contributed by atoms with E-state index in [4.69, 9.17) is 0 Å². The second-order valence-electron chi connectivity index (χ2n) is 5.64. The largest absolute Gasteiger partial charge is 0.360 e. The lowest BCUT2D eigenvalue weighted by atomic mass is 10.2. The molecule has 2 aromatic rings. The van der Waals surface area contributed by atoms with Crippen LogP contribution >= 0.6 is 11.8 Å². The molecular formula is C17H22N4OS. The van der Waals surface area contributed by atoms with Crippen LogP contribution in [0.4, 0.5) is 11.5 Å². The molecule has 1 atom stereocenters. The summed E-state index contributed by atoms with van der Waals surface area (Å²) < 4.78 is 1.84. The molecule has 0 aliphatic carbocycles. The molecule has 0 fully saturated rings. The fourth-order valence-electron chi connectivity index (χ4n) is 2.64. The zero-order valence-corrected chi connectivity index (χ0v) is 14.3. The van der Waals surface area contributed by atoms with Gasteiger partial charge in [-0.25, -0.2) is 0 Å². The SMILES string of the molecule is CCn1ccc(NCC(=O)N2CCC(C)Sc3ccccc32)n1. The summed E-state index contributed by atoms with van der Waals surface area (Å²) in [6, 6.07) is 10.0. The van der Waals surface area contributed by atoms with Gasteiger partial charge in [-0.15, -0.1) is 11.8 Å². The van der Waals surface area contributed by atoms with Crippen molar-refractivity contribution in [3.8, 4) is 0 Å². The Balaban J connectivity index is 1.71. The van der Waals surface area contributed by atoms with E-state index in [-0.39, 0.29) is 12.5 Å². The molecule has 5 nitrogen and oxygen atoms in total. The Morgan fingerprint density at radius 3 is 3.00 bits per heavy atom. The maximum absolute atomic E-state index is 12.7. The first-order chi connectivity index (χ1) is 11.2. The van der Waals surface area contributed by atoms with E-state index in [1.54, 1.807) is 0 Å². The van der Waals surface area contributed by atoms with Crippen molar-refractivity contribution in [2.24, 2.45) is 0 Å². The molecule has 122 valence electrons. The molecule has 0 radical (unpaired) electrons. The molecule has 1 aromatic heterocycles. The van der Waals surface area contributed by atoms with E-state index in [2.05, 4.69) is 23.4 Å². The molecule has 1 unspecified atom stereocenters. The first-order valence-corrected chi connectivity index (χ1v) is 8.88. The number of rotatable bonds is 4. The molecule has 1 aliphatic rings. The highest BCUT2D eigenvalue weighted by Gasteiger charge is 2.23. The summed E-state index contributed by atoms with van der Waals surface area (Å²) in [6.45, 7) is 6.09. The van der Waals surface area contributed by atoms with Crippen LogP contribution in [0.1, 0.15) is 20.3 Å². The smallest absolute Gasteiger partial charge is 0.246 e. The molecule has 0 saturated carbocycles. The van der Waals surface area contributed by atoms with Gasteiger partial charge in [-0.2, -0.15) is 5.10 Å². The maximum Gasteiger partial charge on any atom is 0.246 e. The lowest BCUT2D eigenvalue weighted by Crippen LogP contribution is -2.36. The van der Waals surface area contributed by atoms with Gasteiger partial charge >= 0.3 is 0 Å². The Labute approximate surface area is 141 Å². The molecule has 1 aromatic carbocycles. The van der Waals surface area contributed by atoms with Crippen LogP contribution < -0.4 is 10.2 Å². The number of aryl methyl sites for hydroxylation is 1. The number of amides is 1. The number of para-hydroxylation sites is 1. The van der Waals surface area contributed by atoms with Crippen molar-refractivity contribution in [1.29, 1.82) is 0 Å². The minimum atomic E-state index is 0.0817. The molecule has 23 heavy (non-hydrogen) atoms. The molecule has 2 heterocycles. The summed E-state index contributed by atoms with van der Waals surface area (Å²) in [6.07, 6.45) is 2.90. The Bertz CT molecular complexity index is 685. The van der Waals surface area contributed by atoms with Crippen molar-refractivity contribution >= 4 is 29.2 Å². The zero-order chi connectivity index (χ0) is 16.2. The second kappa shape index (κ2) is 7.08. The van der Waals surface area contributed by atoms with Gasteiger partial charge in [0.2, 0.25) is 5.91 Å². The van der Waals surface area contributed by atoms with Gasteiger partial charge in [-0.05, 0) is 25.5 Å². The van der Waals surface area contributed by atoms with Crippen LogP contribution in [0.25, 0.3) is 0 Å². The highest BCUT2D eigenvalue weighted by molar-refractivity contribution is 8.00. The van der Waals surface area contributed by atoms with Gasteiger partial charge in [0, 0.05) is 35.5 Å². The van der Waals surface area contributed by atoms with Crippen molar-refractivity contribution in [2.45, 2.75) is 37.0 Å². The lowest BCUT2D eigenvalue weighted by molar-refractivity contribution is -0.117. The van der Waals surface area contributed by atoms with Crippen LogP contribution in [0, 0.1) is 0 Å². The number of nitrogens with one attached hydrogen (secondary N) is 1. The standard InChI is InChI=1S/C17H22N4OS/c1-3-20-10-9-16(19-20)18-12-17(22)21-11-8-13(2)23-15-7-5-4-6-14(15)21/h4-7,9-10,13H,3,8,11-12H2,1-2H3,(H,18,19). The van der Waals surface area contributed by atoms with E-state index in [9.17, 15) is 4.79 Å². The van der Waals surface area contributed by atoms with E-state index in [1.165, 1.54) is 4.90 Å². The molecule has 1 aliphatic heterocycles. The van der Waals surface area contributed by atoms with E-state index < -0.39 is 0 Å². The van der Waals surface area contributed by atoms with Crippen LogP contribution in [0.5, 0.6) is 0 Å². The van der Waals surface area contributed by atoms with Gasteiger partial charge < -0.3 is 10.2 Å². The third kappa shape index (κ3) is 3.69. The van der Waals surface area contributed by atoms with Crippen LogP contribution in [0.15, 0.2) is 41.4 Å². The predicted molar refractivity (Wildman–Crippen MR) is 95.1 cm³/mol. The number of fused-ring (bicyclic) bond motifs is 1. The minimum absolute atomic E-state index is 0.0817. The van der Waals surface area contributed by atoms with Gasteiger partial charge in [-0.3, -0.25) is 9.48 Å². The summed E-state index contributed by atoms with van der Waals surface area (Å²) in [5.41, 5.74) is 1.02. The molecule has 0 bridgehead atoms. The number of anilines is 2. The summed E-state index contributed by atoms with van der Waals surface area (Å²) in [5.74, 6) is 0.823. The molecule has 0 spiro atoms. The molecule has 1 amide bonds. The Morgan fingerprint density at radius 1 is 1.39 bits per heavy atom. The van der Waals surface area contributed by atoms with Crippen LogP contribution in [-0.4, -0.2) is 34.0 Å². The Morgan fingerprint density at radius 2 is 2.22 bits per heavy atom. The fourth-order valence-corrected chi connectivity index (χ4v) is 3.75. The van der Waals surface area contributed by atoms with Crippen molar-refractivity contribution < 1.29 is 4.79 Å². The van der Waals surface area contributed by atoms with Crippen molar-refractivity contribution in [3.05, 3.63) is 36.5 Å². The topological polar surface area (TPSA) is 50.2 Å². The highest BCUT2D eigenvalue weighted by atomic mass is 32.2. The molecular weight excluding hydrogens is 308 g/mol. The quantitative estimate of drug-likeness (QED) is 0.935. The second-order valence-corrected chi connectivity index (χ2v) is 7.12. The van der Waals surface area contributed by atoms with E-state index in [0.717, 1.165) is 31.0 Å². The fraction of sp³-hybridized carbons (Fsp3) is 0.412. The van der Waals surface area contributed by atoms with Gasteiger partial charge in [0.05, 0.1) is 12.2 Å². The van der Waals surface area contributed by atoms with E-state index >= 15 is 0 Å². The molecule has 6 heteroatoms. The number of thioether (sulfide) groups is 1. The number of carbonyl (C=O) groups is 1. The van der Waals surface area contributed by atoms with Crippen molar-refractivity contribution in [1.82, 2.24) is 9.78 Å². The lowest BCUT2D eigenvalue weighted by Gasteiger charge is -2.22. The number of aromatic nitrogens is 2. The molecule has 1 N–H and O–H groups in total. The minimum Gasteiger partial charge on any atom is -0.360 e. The van der Waals surface area contributed by atoms with Crippen molar-refractivity contribution in [2.75, 3.05) is 23.3 Å². The van der Waals surface area contributed by atoms with Crippen LogP contribution in [-0.2, 0) is 11.3 Å². The summed E-state index contributed by atoms with van der Waals surface area (Å²) in [4.78, 5) is 15.8. The predicted octanol–water partition coefficient (Wildman–Crippen LogP) is 3.23. The monoisotopic (exact) mass is 330 g/mol. The average molecular weight is 330 g/mol. The van der Waals surface area contributed by atoms with E-state index in [1.807, 2.05) is 58.7 Å². The zero-order valence-electron chi connectivity index (χ0n) is 13.5. The van der Waals surface area contributed by atoms with E-state index in [0.29, 0.717) is 5.25 Å². The summed E-state index contributed by atoms with van der Waals surface area (Å²) >= 11 is 1.84. The summed E-state index contributed by atoms with van der Waals surface area (Å²) in [5, 5.41) is 8.00. The molecule has 0 saturated heterocycles. The van der Waals surface area contributed by atoms with Crippen molar-refractivity contribution in [3.63, 3.8) is 0 Å². The number of hydrogen-bond donors (Lipinski definition) is 1. The number of benzene rings is 1. The number of nitrogens with zero attached hydrogens (tertiary/aromatic N) is 3. The number of hydrogen-bond acceptors (Lipinski definition) is 4. The Hall–Kier alpha value is -1.95. The maximum atomic E-state index is 12.7. The van der Waals surface area contributed by atoms with Gasteiger partial charge in [-0.1, -0.05) is 19.1 Å². The third-order valence-electron chi connectivity index (χ3n) is 3.93. The number of carbonyl (C=O) groups excluding carboxylic acids is 1.